The molecule has 1 aromatic carbocycles. The zero-order chi connectivity index (χ0) is 18.1. The van der Waals surface area contributed by atoms with E-state index in [1.165, 1.54) is 0 Å². The molecule has 1 saturated heterocycles. The number of carbonyl (C=O) groups is 2. The minimum atomic E-state index is -4.42. The van der Waals surface area contributed by atoms with E-state index in [9.17, 15) is 22.8 Å². The molecule has 1 spiro atoms. The standard InChI is InChI=1S/C17H20F3N3O2/c18-17(19,20)11-22(10-13-6-2-1-3-7-13)12-23-14(24)16(21-15(23)25)8-4-5-9-16/h1-3,6-7H,4-5,8-12H2,(H,21,25). The van der Waals surface area contributed by atoms with Gasteiger partial charge in [-0.1, -0.05) is 43.2 Å². The van der Waals surface area contributed by atoms with Crippen LogP contribution in [0.3, 0.4) is 0 Å². The van der Waals surface area contributed by atoms with Crippen LogP contribution in [0, 0.1) is 0 Å². The predicted molar refractivity (Wildman–Crippen MR) is 84.4 cm³/mol. The molecule has 2 fully saturated rings. The van der Waals surface area contributed by atoms with Gasteiger partial charge in [-0.05, 0) is 18.4 Å². The fraction of sp³-hybridized carbons (Fsp3) is 0.529. The molecule has 8 heteroatoms. The molecule has 3 rings (SSSR count). The van der Waals surface area contributed by atoms with Crippen molar-refractivity contribution in [1.29, 1.82) is 0 Å². The van der Waals surface area contributed by atoms with E-state index < -0.39 is 30.2 Å². The van der Waals surface area contributed by atoms with Gasteiger partial charge in [-0.2, -0.15) is 13.2 Å². The average molecular weight is 355 g/mol. The first kappa shape index (κ1) is 17.7. The largest absolute Gasteiger partial charge is 0.401 e. The SMILES string of the molecule is O=C1NC2(CCCC2)C(=O)N1CN(Cc1ccccc1)CC(F)(F)F. The van der Waals surface area contributed by atoms with Crippen molar-refractivity contribution in [3.05, 3.63) is 35.9 Å². The number of hydrogen-bond acceptors (Lipinski definition) is 3. The summed E-state index contributed by atoms with van der Waals surface area (Å²) >= 11 is 0. The molecule has 1 aliphatic heterocycles. The highest BCUT2D eigenvalue weighted by Crippen LogP contribution is 2.35. The normalized spacial score (nSPS) is 19.9. The second-order valence-electron chi connectivity index (χ2n) is 6.68. The summed E-state index contributed by atoms with van der Waals surface area (Å²) in [7, 11) is 0. The van der Waals surface area contributed by atoms with Crippen LogP contribution in [0.5, 0.6) is 0 Å². The maximum absolute atomic E-state index is 12.9. The second-order valence-corrected chi connectivity index (χ2v) is 6.68. The molecule has 0 aromatic heterocycles. The lowest BCUT2D eigenvalue weighted by Crippen LogP contribution is -2.47. The quantitative estimate of drug-likeness (QED) is 0.827. The zero-order valence-corrected chi connectivity index (χ0v) is 13.7. The number of rotatable bonds is 5. The van der Waals surface area contributed by atoms with Gasteiger partial charge in [0.05, 0.1) is 13.2 Å². The summed E-state index contributed by atoms with van der Waals surface area (Å²) in [4.78, 5) is 26.8. The van der Waals surface area contributed by atoms with E-state index in [0.717, 1.165) is 22.6 Å². The Balaban J connectivity index is 1.75. The molecular formula is C17H20F3N3O2. The molecule has 1 saturated carbocycles. The lowest BCUT2D eigenvalue weighted by molar-refractivity contribution is -0.154. The van der Waals surface area contributed by atoms with Crippen LogP contribution in [-0.2, 0) is 11.3 Å². The summed E-state index contributed by atoms with van der Waals surface area (Å²) < 4.78 is 38.8. The molecule has 0 unspecified atom stereocenters. The summed E-state index contributed by atoms with van der Waals surface area (Å²) in [6.45, 7) is -1.56. The Hall–Kier alpha value is -2.09. The van der Waals surface area contributed by atoms with Gasteiger partial charge in [0.2, 0.25) is 0 Å². The van der Waals surface area contributed by atoms with Crippen LogP contribution in [0.25, 0.3) is 0 Å². The summed E-state index contributed by atoms with van der Waals surface area (Å²) in [5.74, 6) is -0.407. The van der Waals surface area contributed by atoms with Gasteiger partial charge in [0.25, 0.3) is 5.91 Å². The zero-order valence-electron chi connectivity index (χ0n) is 13.7. The Labute approximate surface area is 143 Å². The van der Waals surface area contributed by atoms with E-state index in [-0.39, 0.29) is 13.2 Å². The van der Waals surface area contributed by atoms with Crippen LogP contribution in [0.15, 0.2) is 30.3 Å². The van der Waals surface area contributed by atoms with Crippen LogP contribution in [0.1, 0.15) is 31.2 Å². The molecule has 1 heterocycles. The Kier molecular flexibility index (Phi) is 4.73. The van der Waals surface area contributed by atoms with E-state index >= 15 is 0 Å². The van der Waals surface area contributed by atoms with E-state index in [2.05, 4.69) is 5.32 Å². The Morgan fingerprint density at radius 1 is 1.12 bits per heavy atom. The molecular weight excluding hydrogens is 335 g/mol. The third kappa shape index (κ3) is 3.95. The predicted octanol–water partition coefficient (Wildman–Crippen LogP) is 2.87. The van der Waals surface area contributed by atoms with Gasteiger partial charge in [-0.15, -0.1) is 0 Å². The number of alkyl halides is 3. The average Bonchev–Trinajstić information content (AvgIpc) is 3.08. The van der Waals surface area contributed by atoms with Crippen molar-refractivity contribution in [3.8, 4) is 0 Å². The molecule has 1 aromatic rings. The van der Waals surface area contributed by atoms with Crippen molar-refractivity contribution >= 4 is 11.9 Å². The van der Waals surface area contributed by atoms with E-state index in [1.807, 2.05) is 0 Å². The monoisotopic (exact) mass is 355 g/mol. The second kappa shape index (κ2) is 6.67. The van der Waals surface area contributed by atoms with Crippen molar-refractivity contribution in [2.24, 2.45) is 0 Å². The van der Waals surface area contributed by atoms with Gasteiger partial charge in [0, 0.05) is 6.54 Å². The van der Waals surface area contributed by atoms with E-state index in [0.29, 0.717) is 18.4 Å². The highest BCUT2D eigenvalue weighted by molar-refractivity contribution is 6.07. The number of nitrogens with one attached hydrogen (secondary N) is 1. The molecule has 2 aliphatic rings. The maximum atomic E-state index is 12.9. The molecule has 0 atom stereocenters. The van der Waals surface area contributed by atoms with E-state index in [1.54, 1.807) is 30.3 Å². The van der Waals surface area contributed by atoms with Crippen LogP contribution >= 0.6 is 0 Å². The number of halogens is 3. The first-order chi connectivity index (χ1) is 11.8. The third-order valence-electron chi connectivity index (χ3n) is 4.70. The number of benzene rings is 1. The number of imide groups is 1. The van der Waals surface area contributed by atoms with Gasteiger partial charge in [0.15, 0.2) is 0 Å². The molecule has 0 bridgehead atoms. The minimum absolute atomic E-state index is 0.00437. The van der Waals surface area contributed by atoms with Crippen molar-refractivity contribution < 1.29 is 22.8 Å². The highest BCUT2D eigenvalue weighted by Gasteiger charge is 2.52. The first-order valence-corrected chi connectivity index (χ1v) is 8.26. The van der Waals surface area contributed by atoms with Crippen molar-refractivity contribution in [3.63, 3.8) is 0 Å². The Bertz CT molecular complexity index is 642. The van der Waals surface area contributed by atoms with Crippen LogP contribution in [-0.4, -0.2) is 46.7 Å². The van der Waals surface area contributed by atoms with E-state index in [4.69, 9.17) is 0 Å². The molecule has 1 N–H and O–H groups in total. The summed E-state index contributed by atoms with van der Waals surface area (Å²) in [6.07, 6.45) is -1.66. The first-order valence-electron chi connectivity index (χ1n) is 8.26. The summed E-state index contributed by atoms with van der Waals surface area (Å²) in [5, 5.41) is 2.69. The Morgan fingerprint density at radius 3 is 2.36 bits per heavy atom. The van der Waals surface area contributed by atoms with Gasteiger partial charge in [0.1, 0.15) is 5.54 Å². The van der Waals surface area contributed by atoms with Gasteiger partial charge in [-0.25, -0.2) is 9.69 Å². The molecule has 1 aliphatic carbocycles. The fourth-order valence-electron chi connectivity index (χ4n) is 3.57. The molecule has 5 nitrogen and oxygen atoms in total. The lowest BCUT2D eigenvalue weighted by atomic mass is 9.98. The van der Waals surface area contributed by atoms with Crippen molar-refractivity contribution in [2.75, 3.05) is 13.2 Å². The topological polar surface area (TPSA) is 52.7 Å². The van der Waals surface area contributed by atoms with Gasteiger partial charge >= 0.3 is 12.2 Å². The number of hydrogen-bond donors (Lipinski definition) is 1. The van der Waals surface area contributed by atoms with Crippen LogP contribution in [0.4, 0.5) is 18.0 Å². The number of carbonyl (C=O) groups excluding carboxylic acids is 2. The highest BCUT2D eigenvalue weighted by atomic mass is 19.4. The number of urea groups is 1. The minimum Gasteiger partial charge on any atom is -0.323 e. The molecule has 25 heavy (non-hydrogen) atoms. The Morgan fingerprint density at radius 2 is 1.76 bits per heavy atom. The van der Waals surface area contributed by atoms with Crippen molar-refractivity contribution in [1.82, 2.24) is 15.1 Å². The smallest absolute Gasteiger partial charge is 0.323 e. The third-order valence-corrected chi connectivity index (χ3v) is 4.70. The fourth-order valence-corrected chi connectivity index (χ4v) is 3.57. The molecule has 3 amide bonds. The number of nitrogens with zero attached hydrogens (tertiary/aromatic N) is 2. The lowest BCUT2D eigenvalue weighted by Gasteiger charge is -2.28. The van der Waals surface area contributed by atoms with Crippen LogP contribution in [0.2, 0.25) is 0 Å². The van der Waals surface area contributed by atoms with Crippen molar-refractivity contribution in [2.45, 2.75) is 43.9 Å². The molecule has 136 valence electrons. The summed E-state index contributed by atoms with van der Waals surface area (Å²) in [5.41, 5.74) is -0.220. The maximum Gasteiger partial charge on any atom is 0.401 e. The molecule has 0 radical (unpaired) electrons. The van der Waals surface area contributed by atoms with Gasteiger partial charge in [-0.3, -0.25) is 9.69 Å². The summed E-state index contributed by atoms with van der Waals surface area (Å²) in [6, 6.07) is 8.08. The number of amides is 3. The van der Waals surface area contributed by atoms with Gasteiger partial charge < -0.3 is 5.32 Å². The van der Waals surface area contributed by atoms with Crippen LogP contribution < -0.4 is 5.32 Å².